The molecule has 0 heterocycles. The normalized spacial score (nSPS) is 13.8. The molecule has 2 aromatic carbocycles. The fourth-order valence-corrected chi connectivity index (χ4v) is 4.37. The highest BCUT2D eigenvalue weighted by atomic mass is 16.4. The zero-order valence-corrected chi connectivity index (χ0v) is 27.0. The van der Waals surface area contributed by atoms with Crippen LogP contribution in [0.15, 0.2) is 60.7 Å². The fourth-order valence-electron chi connectivity index (χ4n) is 4.37. The van der Waals surface area contributed by atoms with E-state index in [1.54, 1.807) is 0 Å². The molecule has 47 heavy (non-hydrogen) atoms. The Hall–Kier alpha value is -4.37. The molecular formula is C33H51N7O7. The molecule has 3 amide bonds. The van der Waals surface area contributed by atoms with Crippen molar-refractivity contribution in [2.75, 3.05) is 13.1 Å². The molecule has 0 radical (unpaired) electrons. The second-order valence-corrected chi connectivity index (χ2v) is 11.2. The Bertz CT molecular complexity index is 1230. The van der Waals surface area contributed by atoms with Crippen LogP contribution in [0, 0.1) is 0 Å². The summed E-state index contributed by atoms with van der Waals surface area (Å²) in [5.74, 6) is -3.64. The predicted octanol–water partition coefficient (Wildman–Crippen LogP) is 0.0143. The summed E-state index contributed by atoms with van der Waals surface area (Å²) in [5.41, 5.74) is 24.0. The molecule has 13 N–H and O–H groups in total. The van der Waals surface area contributed by atoms with E-state index in [0.29, 0.717) is 45.2 Å². The summed E-state index contributed by atoms with van der Waals surface area (Å²) in [6.45, 7) is 2.48. The molecule has 14 nitrogen and oxygen atoms in total. The number of unbranched alkanes of at least 4 members (excludes halogenated alkanes) is 2. The van der Waals surface area contributed by atoms with Crippen LogP contribution < -0.4 is 38.9 Å². The van der Waals surface area contributed by atoms with Crippen molar-refractivity contribution in [3.63, 3.8) is 0 Å². The van der Waals surface area contributed by atoms with Gasteiger partial charge >= 0.3 is 11.9 Å². The summed E-state index contributed by atoms with van der Waals surface area (Å²) in [5, 5.41) is 26.0. The number of rotatable bonds is 20. The lowest BCUT2D eigenvalue weighted by Gasteiger charge is -2.22. The summed E-state index contributed by atoms with van der Waals surface area (Å²) < 4.78 is 0. The van der Waals surface area contributed by atoms with Gasteiger partial charge in [-0.3, -0.25) is 14.4 Å². The summed E-state index contributed by atoms with van der Waals surface area (Å²) in [7, 11) is 0. The van der Waals surface area contributed by atoms with Crippen molar-refractivity contribution in [2.24, 2.45) is 22.9 Å². The van der Waals surface area contributed by atoms with E-state index >= 15 is 0 Å². The molecular weight excluding hydrogens is 606 g/mol. The molecule has 0 saturated heterocycles. The van der Waals surface area contributed by atoms with Crippen LogP contribution in [0.4, 0.5) is 0 Å². The molecule has 0 aromatic heterocycles. The Kier molecular flexibility index (Phi) is 19.9. The third-order valence-electron chi connectivity index (χ3n) is 7.09. The van der Waals surface area contributed by atoms with Crippen molar-refractivity contribution in [2.45, 2.75) is 88.5 Å². The van der Waals surface area contributed by atoms with Gasteiger partial charge in [0.1, 0.15) is 18.1 Å². The van der Waals surface area contributed by atoms with Crippen molar-refractivity contribution in [1.82, 2.24) is 16.0 Å². The molecule has 0 aliphatic carbocycles. The van der Waals surface area contributed by atoms with Gasteiger partial charge in [0.05, 0.1) is 12.1 Å². The van der Waals surface area contributed by atoms with Crippen molar-refractivity contribution in [3.8, 4) is 0 Å². The number of nitrogens with two attached hydrogens (primary N) is 4. The van der Waals surface area contributed by atoms with Crippen LogP contribution >= 0.6 is 0 Å². The molecule has 5 atom stereocenters. The second-order valence-electron chi connectivity index (χ2n) is 11.2. The maximum atomic E-state index is 12.6. The Morgan fingerprint density at radius 2 is 1.00 bits per heavy atom. The van der Waals surface area contributed by atoms with Crippen molar-refractivity contribution < 1.29 is 34.2 Å². The van der Waals surface area contributed by atoms with E-state index in [4.69, 9.17) is 28.0 Å². The first kappa shape index (κ1) is 40.7. The predicted molar refractivity (Wildman–Crippen MR) is 179 cm³/mol. The van der Waals surface area contributed by atoms with Gasteiger partial charge in [0.15, 0.2) is 0 Å². The first-order valence-electron chi connectivity index (χ1n) is 15.7. The molecule has 0 aliphatic heterocycles. The van der Waals surface area contributed by atoms with Crippen LogP contribution in [0.2, 0.25) is 0 Å². The van der Waals surface area contributed by atoms with Gasteiger partial charge in [-0.25, -0.2) is 9.59 Å². The molecule has 0 aliphatic rings. The molecule has 2 rings (SSSR count). The van der Waals surface area contributed by atoms with Gasteiger partial charge in [0.25, 0.3) is 0 Å². The molecule has 0 bridgehead atoms. The van der Waals surface area contributed by atoms with E-state index in [9.17, 15) is 29.1 Å². The van der Waals surface area contributed by atoms with E-state index in [-0.39, 0.29) is 12.8 Å². The topological polar surface area (TPSA) is 266 Å². The zero-order valence-electron chi connectivity index (χ0n) is 27.0. The van der Waals surface area contributed by atoms with E-state index in [1.807, 2.05) is 60.7 Å². The summed E-state index contributed by atoms with van der Waals surface area (Å²) in [6.07, 6.45) is 3.89. The molecule has 0 fully saturated rings. The molecule has 260 valence electrons. The number of amides is 3. The minimum absolute atomic E-state index is 0.236. The molecule has 0 unspecified atom stereocenters. The Morgan fingerprint density at radius 1 is 0.596 bits per heavy atom. The fraction of sp³-hybridized carbons (Fsp3) is 0.485. The lowest BCUT2D eigenvalue weighted by molar-refractivity contribution is -0.142. The zero-order chi connectivity index (χ0) is 35.2. The minimum atomic E-state index is -1.12. The highest BCUT2D eigenvalue weighted by Gasteiger charge is 2.27. The number of benzene rings is 2. The van der Waals surface area contributed by atoms with E-state index in [1.165, 1.54) is 6.92 Å². The second kappa shape index (κ2) is 23.0. The van der Waals surface area contributed by atoms with Gasteiger partial charge in [-0.1, -0.05) is 60.7 Å². The number of carbonyl (C=O) groups excluding carboxylic acids is 3. The Balaban J connectivity index is 0.000000481. The smallest absolute Gasteiger partial charge is 0.326 e. The van der Waals surface area contributed by atoms with Crippen LogP contribution in [-0.2, 0) is 36.8 Å². The van der Waals surface area contributed by atoms with Gasteiger partial charge in [0.2, 0.25) is 17.7 Å². The monoisotopic (exact) mass is 657 g/mol. The average Bonchev–Trinajstić information content (AvgIpc) is 3.04. The average molecular weight is 658 g/mol. The van der Waals surface area contributed by atoms with E-state index < -0.39 is 59.9 Å². The number of carboxylic acids is 2. The van der Waals surface area contributed by atoms with Crippen LogP contribution in [0.5, 0.6) is 0 Å². The minimum Gasteiger partial charge on any atom is -0.480 e. The van der Waals surface area contributed by atoms with Gasteiger partial charge in [0, 0.05) is 6.42 Å². The standard InChI is InChI=1S/C18H28N4O4.C15H23N3O3/c1-12(20)16(23)22-15(11-13-7-3-2-4-8-13)17(24)21-14(18(25)26)9-5-6-10-19;16-9-5-4-8-13(15(20)21)18-14(19)12(17)10-11-6-2-1-3-7-11/h2-4,7-8,12,14-15H,5-6,9-11,19-20H2,1H3,(H,21,24)(H,22,23)(H,25,26);1-3,6-7,12-13H,4-5,8-10,16-17H2,(H,18,19)(H,20,21)/t12-,14-,15-;12-,13-/m00/s1. The van der Waals surface area contributed by atoms with E-state index in [0.717, 1.165) is 17.5 Å². The lowest BCUT2D eigenvalue weighted by atomic mass is 10.0. The Morgan fingerprint density at radius 3 is 1.40 bits per heavy atom. The van der Waals surface area contributed by atoms with Gasteiger partial charge in [-0.05, 0) is 76.1 Å². The van der Waals surface area contributed by atoms with Crippen LogP contribution in [-0.4, -0.2) is 83.2 Å². The van der Waals surface area contributed by atoms with Crippen LogP contribution in [0.25, 0.3) is 0 Å². The largest absolute Gasteiger partial charge is 0.480 e. The number of nitrogens with one attached hydrogen (secondary N) is 3. The first-order valence-corrected chi connectivity index (χ1v) is 15.7. The molecule has 2 aromatic rings. The van der Waals surface area contributed by atoms with Gasteiger partial charge in [-0.2, -0.15) is 0 Å². The quantitative estimate of drug-likeness (QED) is 0.0856. The third kappa shape index (κ3) is 17.2. The van der Waals surface area contributed by atoms with E-state index in [2.05, 4.69) is 16.0 Å². The highest BCUT2D eigenvalue weighted by Crippen LogP contribution is 2.07. The van der Waals surface area contributed by atoms with Gasteiger partial charge < -0.3 is 49.1 Å². The number of carboxylic acid groups (broad SMARTS) is 2. The van der Waals surface area contributed by atoms with Gasteiger partial charge in [-0.15, -0.1) is 0 Å². The highest BCUT2D eigenvalue weighted by molar-refractivity contribution is 5.91. The van der Waals surface area contributed by atoms with Crippen molar-refractivity contribution in [1.29, 1.82) is 0 Å². The number of carbonyl (C=O) groups is 5. The molecule has 14 heteroatoms. The summed E-state index contributed by atoms with van der Waals surface area (Å²) in [6, 6.07) is 14.1. The first-order chi connectivity index (χ1) is 22.4. The van der Waals surface area contributed by atoms with Crippen molar-refractivity contribution >= 4 is 29.7 Å². The SMILES string of the molecule is C[C@H](N)C(=O)N[C@@H](Cc1ccccc1)C(=O)N[C@@H](CCCCN)C(=O)O.NCCCC[C@H](NC(=O)[C@@H](N)Cc1ccccc1)C(=O)O. The maximum absolute atomic E-state index is 12.6. The Labute approximate surface area is 276 Å². The lowest BCUT2D eigenvalue weighted by Crippen LogP contribution is -2.54. The molecule has 0 spiro atoms. The summed E-state index contributed by atoms with van der Waals surface area (Å²) >= 11 is 0. The number of aliphatic carboxylic acids is 2. The van der Waals surface area contributed by atoms with Crippen LogP contribution in [0.3, 0.4) is 0 Å². The third-order valence-corrected chi connectivity index (χ3v) is 7.09. The van der Waals surface area contributed by atoms with Crippen molar-refractivity contribution in [3.05, 3.63) is 71.8 Å². The number of hydrogen-bond acceptors (Lipinski definition) is 9. The maximum Gasteiger partial charge on any atom is 0.326 e. The molecule has 0 saturated carbocycles. The number of hydrogen-bond donors (Lipinski definition) is 9. The van der Waals surface area contributed by atoms with Crippen LogP contribution in [0.1, 0.15) is 56.6 Å². The summed E-state index contributed by atoms with van der Waals surface area (Å²) in [4.78, 5) is 59.0.